The molecule has 0 bridgehead atoms. The maximum Gasteiger partial charge on any atom is 0.407 e. The fraction of sp³-hybridized carbons (Fsp3) is 0.609. The lowest BCUT2D eigenvalue weighted by molar-refractivity contribution is -0.117. The molecule has 8 nitrogen and oxygen atoms in total. The van der Waals surface area contributed by atoms with Crippen LogP contribution in [0.1, 0.15) is 52.5 Å². The van der Waals surface area contributed by atoms with Gasteiger partial charge in [0.05, 0.1) is 12.6 Å². The first kappa shape index (κ1) is 26.2. The van der Waals surface area contributed by atoms with Crippen LogP contribution in [0.15, 0.2) is 29.3 Å². The predicted octanol–water partition coefficient (Wildman–Crippen LogP) is 3.50. The van der Waals surface area contributed by atoms with Crippen molar-refractivity contribution in [3.8, 4) is 0 Å². The maximum atomic E-state index is 12.0. The number of rotatable bonds is 5. The van der Waals surface area contributed by atoms with E-state index in [9.17, 15) is 9.59 Å². The monoisotopic (exact) mass is 557 g/mol. The summed E-state index contributed by atoms with van der Waals surface area (Å²) < 4.78 is 5.36. The molecule has 2 N–H and O–H groups in total. The number of ether oxygens (including phenoxy) is 1. The summed E-state index contributed by atoms with van der Waals surface area (Å²) in [6, 6.07) is 8.10. The summed E-state index contributed by atoms with van der Waals surface area (Å²) in [4.78, 5) is 32.8. The molecular formula is C23H36IN5O3. The smallest absolute Gasteiger partial charge is 0.407 e. The molecule has 0 aromatic heterocycles. The number of aliphatic imine (C=N–C) groups is 1. The van der Waals surface area contributed by atoms with E-state index in [1.54, 1.807) is 0 Å². The predicted molar refractivity (Wildman–Crippen MR) is 138 cm³/mol. The molecule has 1 aromatic carbocycles. The largest absolute Gasteiger partial charge is 0.444 e. The lowest BCUT2D eigenvalue weighted by Crippen LogP contribution is -2.44. The molecule has 2 aliphatic heterocycles. The molecule has 2 heterocycles. The standard InChI is InChI=1S/C23H35N5O3.HI/c1-5-24-21(27-14-12-18(16-27)26-22(30)31-23(2,3)4)25-15-17-8-10-19(11-9-17)28-13-6-7-20(28)29;/h8-11,18H,5-7,12-16H2,1-4H3,(H,24,25)(H,26,30);1H. The van der Waals surface area contributed by atoms with Gasteiger partial charge in [-0.15, -0.1) is 24.0 Å². The van der Waals surface area contributed by atoms with E-state index >= 15 is 0 Å². The van der Waals surface area contributed by atoms with Crippen LogP contribution in [0.5, 0.6) is 0 Å². The van der Waals surface area contributed by atoms with E-state index in [1.165, 1.54) is 0 Å². The Kier molecular flexibility index (Phi) is 9.60. The minimum absolute atomic E-state index is 0. The lowest BCUT2D eigenvalue weighted by atomic mass is 10.2. The summed E-state index contributed by atoms with van der Waals surface area (Å²) >= 11 is 0. The van der Waals surface area contributed by atoms with Crippen LogP contribution >= 0.6 is 24.0 Å². The number of anilines is 1. The molecule has 0 radical (unpaired) electrons. The fourth-order valence-corrected chi connectivity index (χ4v) is 3.84. The van der Waals surface area contributed by atoms with Gasteiger partial charge >= 0.3 is 6.09 Å². The Balaban J connectivity index is 0.00000363. The highest BCUT2D eigenvalue weighted by Gasteiger charge is 2.28. The Labute approximate surface area is 208 Å². The fourth-order valence-electron chi connectivity index (χ4n) is 3.84. The number of alkyl carbamates (subject to hydrolysis) is 1. The minimum Gasteiger partial charge on any atom is -0.444 e. The van der Waals surface area contributed by atoms with Gasteiger partial charge in [-0.25, -0.2) is 9.79 Å². The highest BCUT2D eigenvalue weighted by molar-refractivity contribution is 14.0. The van der Waals surface area contributed by atoms with Gasteiger partial charge in [0.15, 0.2) is 5.96 Å². The molecule has 2 saturated heterocycles. The molecule has 1 atom stereocenters. The highest BCUT2D eigenvalue weighted by Crippen LogP contribution is 2.22. The first-order valence-corrected chi connectivity index (χ1v) is 11.2. The van der Waals surface area contributed by atoms with E-state index in [0.29, 0.717) is 19.5 Å². The summed E-state index contributed by atoms with van der Waals surface area (Å²) in [5.41, 5.74) is 1.54. The van der Waals surface area contributed by atoms with Crippen LogP contribution in [-0.2, 0) is 16.1 Å². The Morgan fingerprint density at radius 1 is 1.22 bits per heavy atom. The normalized spacial score (nSPS) is 19.1. The van der Waals surface area contributed by atoms with Crippen molar-refractivity contribution in [3.63, 3.8) is 0 Å². The third-order valence-corrected chi connectivity index (χ3v) is 5.28. The molecule has 9 heteroatoms. The van der Waals surface area contributed by atoms with Crippen molar-refractivity contribution in [1.82, 2.24) is 15.5 Å². The SMILES string of the molecule is CCNC(=NCc1ccc(N2CCCC2=O)cc1)N1CCC(NC(=O)OC(C)(C)C)C1.I. The molecule has 178 valence electrons. The van der Waals surface area contributed by atoms with Gasteiger partial charge in [-0.1, -0.05) is 12.1 Å². The van der Waals surface area contributed by atoms with Crippen molar-refractivity contribution >= 4 is 47.6 Å². The lowest BCUT2D eigenvalue weighted by Gasteiger charge is -2.23. The number of benzene rings is 1. The second-order valence-electron chi connectivity index (χ2n) is 9.06. The van der Waals surface area contributed by atoms with Crippen LogP contribution in [0.25, 0.3) is 0 Å². The number of nitrogens with one attached hydrogen (secondary N) is 2. The summed E-state index contributed by atoms with van der Waals surface area (Å²) in [5, 5.41) is 6.30. The van der Waals surface area contributed by atoms with Crippen LogP contribution in [0.3, 0.4) is 0 Å². The maximum absolute atomic E-state index is 12.0. The van der Waals surface area contributed by atoms with E-state index in [0.717, 1.165) is 49.7 Å². The summed E-state index contributed by atoms with van der Waals surface area (Å²) in [7, 11) is 0. The molecule has 0 aliphatic carbocycles. The van der Waals surface area contributed by atoms with E-state index in [4.69, 9.17) is 9.73 Å². The number of hydrogen-bond acceptors (Lipinski definition) is 4. The quantitative estimate of drug-likeness (QED) is 0.329. The van der Waals surface area contributed by atoms with Crippen molar-refractivity contribution in [3.05, 3.63) is 29.8 Å². The van der Waals surface area contributed by atoms with Crippen LogP contribution < -0.4 is 15.5 Å². The topological polar surface area (TPSA) is 86.3 Å². The van der Waals surface area contributed by atoms with E-state index in [-0.39, 0.29) is 42.0 Å². The second-order valence-corrected chi connectivity index (χ2v) is 9.06. The minimum atomic E-state index is -0.504. The molecule has 32 heavy (non-hydrogen) atoms. The molecular weight excluding hydrogens is 521 g/mol. The van der Waals surface area contributed by atoms with Crippen LogP contribution in [-0.4, -0.2) is 60.7 Å². The number of amides is 2. The van der Waals surface area contributed by atoms with Gasteiger partial charge < -0.3 is 25.2 Å². The molecule has 3 rings (SSSR count). The van der Waals surface area contributed by atoms with Gasteiger partial charge in [-0.05, 0) is 58.2 Å². The first-order chi connectivity index (χ1) is 14.7. The summed E-state index contributed by atoms with van der Waals surface area (Å²) in [6.45, 7) is 11.3. The summed E-state index contributed by atoms with van der Waals surface area (Å²) in [5.74, 6) is 1.04. The van der Waals surface area contributed by atoms with Crippen molar-refractivity contribution in [2.45, 2.75) is 65.1 Å². The number of carbonyl (C=O) groups is 2. The van der Waals surface area contributed by atoms with Crippen LogP contribution in [0.2, 0.25) is 0 Å². The van der Waals surface area contributed by atoms with E-state index in [2.05, 4.69) is 15.5 Å². The first-order valence-electron chi connectivity index (χ1n) is 11.2. The van der Waals surface area contributed by atoms with Gasteiger partial charge in [0, 0.05) is 38.3 Å². The number of halogens is 1. The molecule has 2 amide bonds. The third kappa shape index (κ3) is 7.53. The van der Waals surface area contributed by atoms with E-state index in [1.807, 2.05) is 56.9 Å². The van der Waals surface area contributed by atoms with E-state index < -0.39 is 5.60 Å². The van der Waals surface area contributed by atoms with Gasteiger partial charge in [-0.3, -0.25) is 4.79 Å². The van der Waals surface area contributed by atoms with Gasteiger partial charge in [0.25, 0.3) is 0 Å². The zero-order valence-electron chi connectivity index (χ0n) is 19.5. The number of likely N-dealkylation sites (tertiary alicyclic amines) is 1. The van der Waals surface area contributed by atoms with Crippen molar-refractivity contribution in [1.29, 1.82) is 0 Å². The van der Waals surface area contributed by atoms with Crippen LogP contribution in [0.4, 0.5) is 10.5 Å². The van der Waals surface area contributed by atoms with Gasteiger partial charge in [0.1, 0.15) is 5.60 Å². The zero-order valence-corrected chi connectivity index (χ0v) is 21.8. The molecule has 1 unspecified atom stereocenters. The van der Waals surface area contributed by atoms with Crippen molar-refractivity contribution < 1.29 is 14.3 Å². The number of nitrogens with zero attached hydrogens (tertiary/aromatic N) is 3. The molecule has 2 fully saturated rings. The Morgan fingerprint density at radius 2 is 1.94 bits per heavy atom. The van der Waals surface area contributed by atoms with Crippen molar-refractivity contribution in [2.24, 2.45) is 4.99 Å². The van der Waals surface area contributed by atoms with Gasteiger partial charge in [-0.2, -0.15) is 0 Å². The molecule has 0 spiro atoms. The number of guanidine groups is 1. The molecule has 1 aromatic rings. The Bertz CT molecular complexity index is 807. The summed E-state index contributed by atoms with van der Waals surface area (Å²) in [6.07, 6.45) is 2.04. The zero-order chi connectivity index (χ0) is 22.4. The third-order valence-electron chi connectivity index (χ3n) is 5.28. The molecule has 0 saturated carbocycles. The number of carbonyl (C=O) groups excluding carboxylic acids is 2. The molecule has 2 aliphatic rings. The average Bonchev–Trinajstić information content (AvgIpc) is 3.33. The average molecular weight is 557 g/mol. The van der Waals surface area contributed by atoms with Gasteiger partial charge in [0.2, 0.25) is 5.91 Å². The Morgan fingerprint density at radius 3 is 2.53 bits per heavy atom. The highest BCUT2D eigenvalue weighted by atomic mass is 127. The Hall–Kier alpha value is -2.04. The van der Waals surface area contributed by atoms with Crippen LogP contribution in [0, 0.1) is 0 Å². The second kappa shape index (κ2) is 11.7. The number of hydrogen-bond donors (Lipinski definition) is 2. The van der Waals surface area contributed by atoms with Crippen molar-refractivity contribution in [2.75, 3.05) is 31.1 Å².